The van der Waals surface area contributed by atoms with E-state index in [0.29, 0.717) is 5.66 Å². The molecule has 0 saturated heterocycles. The van der Waals surface area contributed by atoms with Crippen LogP contribution in [0.25, 0.3) is 49.1 Å². The van der Waals surface area contributed by atoms with Crippen LogP contribution in [0.5, 0.6) is 0 Å². The molecule has 0 saturated carbocycles. The van der Waals surface area contributed by atoms with Crippen molar-refractivity contribution in [2.45, 2.75) is 12.1 Å². The first-order valence-corrected chi connectivity index (χ1v) is 15.5. The number of fused-ring (bicyclic) bond motifs is 9. The molecular weight excluding hydrogens is 491 g/mol. The van der Waals surface area contributed by atoms with E-state index in [-0.39, 0.29) is 0 Å². The topological polar surface area (TPSA) is 17.3 Å². The van der Waals surface area contributed by atoms with Crippen LogP contribution in [-0.2, 0) is 0 Å². The monoisotopic (exact) mass is 518 g/mol. The van der Waals surface area contributed by atoms with Crippen LogP contribution in [-0.4, -0.2) is 21.3 Å². The Balaban J connectivity index is 1.62. The first-order valence-electron chi connectivity index (χ1n) is 13.5. The van der Waals surface area contributed by atoms with E-state index in [9.17, 15) is 0 Å². The fourth-order valence-corrected chi connectivity index (χ4v) is 10.1. The van der Waals surface area contributed by atoms with E-state index in [0.717, 1.165) is 23.1 Å². The second-order valence-electron chi connectivity index (χ2n) is 10.5. The normalized spacial score (nSPS) is 17.0. The third-order valence-electron chi connectivity index (χ3n) is 8.39. The lowest BCUT2D eigenvalue weighted by Crippen LogP contribution is -2.26. The van der Waals surface area contributed by atoms with E-state index < -0.39 is 6.89 Å². The van der Waals surface area contributed by atoms with Crippen molar-refractivity contribution >= 4 is 72.9 Å². The molecule has 2 aromatic heterocycles. The maximum atomic E-state index is 5.18. The predicted molar refractivity (Wildman–Crippen MR) is 172 cm³/mol. The molecule has 0 N–H and O–H groups in total. The zero-order valence-electron chi connectivity index (χ0n) is 21.5. The molecular formula is C36H27N2P. The smallest absolute Gasteiger partial charge is 0.146 e. The number of rotatable bonds is 3. The van der Waals surface area contributed by atoms with E-state index >= 15 is 0 Å². The Morgan fingerprint density at radius 2 is 1.44 bits per heavy atom. The zero-order valence-corrected chi connectivity index (χ0v) is 22.4. The molecule has 3 heteroatoms. The standard InChI is InChI=1S/C36H27N2P/c1-39(27-15-4-2-5-16-27,28-17-6-3-7-18-28)34-22-12-21-33-35(34)29-23-25-13-8-9-14-26(25)24-30(29)36-37-31-19-10-11-20-32(31)38(33)36/h2-17,19-24,28H,1,18H2. The Bertz CT molecular complexity index is 2180. The van der Waals surface area contributed by atoms with Crippen LogP contribution in [0, 0.1) is 0 Å². The van der Waals surface area contributed by atoms with Gasteiger partial charge in [-0.05, 0) is 70.4 Å². The summed E-state index contributed by atoms with van der Waals surface area (Å²) in [5.74, 6) is 0. The van der Waals surface area contributed by atoms with Gasteiger partial charge in [0.05, 0.1) is 16.6 Å². The highest BCUT2D eigenvalue weighted by atomic mass is 31.2. The summed E-state index contributed by atoms with van der Waals surface area (Å²) in [5.41, 5.74) is 4.69. The van der Waals surface area contributed by atoms with E-state index in [1.54, 1.807) is 0 Å². The van der Waals surface area contributed by atoms with Gasteiger partial charge in [-0.3, -0.25) is 4.40 Å². The molecule has 0 bridgehead atoms. The zero-order chi connectivity index (χ0) is 26.0. The molecule has 0 spiro atoms. The summed E-state index contributed by atoms with van der Waals surface area (Å²) < 4.78 is 2.37. The van der Waals surface area contributed by atoms with Gasteiger partial charge in [0.25, 0.3) is 0 Å². The lowest BCUT2D eigenvalue weighted by atomic mass is 10.0. The molecule has 39 heavy (non-hydrogen) atoms. The van der Waals surface area contributed by atoms with Crippen LogP contribution in [0.3, 0.4) is 0 Å². The van der Waals surface area contributed by atoms with Crippen LogP contribution >= 0.6 is 6.89 Å². The quantitative estimate of drug-likeness (QED) is 0.131. The Morgan fingerprint density at radius 3 is 2.23 bits per heavy atom. The van der Waals surface area contributed by atoms with Gasteiger partial charge in [0.1, 0.15) is 5.65 Å². The summed E-state index contributed by atoms with van der Waals surface area (Å²) in [6.07, 6.45) is 15.2. The van der Waals surface area contributed by atoms with Gasteiger partial charge in [-0.1, -0.05) is 109 Å². The van der Waals surface area contributed by atoms with Gasteiger partial charge in [-0.25, -0.2) is 4.98 Å². The van der Waals surface area contributed by atoms with E-state index in [1.165, 1.54) is 43.1 Å². The molecule has 2 heterocycles. The largest absolute Gasteiger partial charge is 0.292 e. The van der Waals surface area contributed by atoms with Crippen molar-refractivity contribution in [1.29, 1.82) is 0 Å². The van der Waals surface area contributed by atoms with Gasteiger partial charge in [-0.15, -0.1) is 0 Å². The lowest BCUT2D eigenvalue weighted by molar-refractivity contribution is 1.05. The van der Waals surface area contributed by atoms with Crippen LogP contribution in [0.4, 0.5) is 0 Å². The van der Waals surface area contributed by atoms with Crippen molar-refractivity contribution in [3.05, 3.63) is 133 Å². The maximum Gasteiger partial charge on any atom is 0.146 e. The fourth-order valence-electron chi connectivity index (χ4n) is 6.50. The van der Waals surface area contributed by atoms with Crippen molar-refractivity contribution in [3.63, 3.8) is 0 Å². The van der Waals surface area contributed by atoms with Crippen LogP contribution in [0.2, 0.25) is 0 Å². The number of allylic oxidation sites excluding steroid dienone is 4. The molecule has 1 aliphatic carbocycles. The Labute approximate surface area is 227 Å². The summed E-state index contributed by atoms with van der Waals surface area (Å²) in [6.45, 7) is -2.10. The SMILES string of the molecule is C=P(c1ccccc1)(c1cccc2c1c1cc3ccccc3cc1c1nc3ccccc3n21)C1C=CC=CC1. The highest BCUT2D eigenvalue weighted by Crippen LogP contribution is 2.53. The molecule has 2 nitrogen and oxygen atoms in total. The van der Waals surface area contributed by atoms with Crippen molar-refractivity contribution in [3.8, 4) is 0 Å². The molecule has 7 aromatic rings. The summed E-state index contributed by atoms with van der Waals surface area (Å²) in [7, 11) is 0. The average Bonchev–Trinajstić information content (AvgIpc) is 3.41. The number of aromatic nitrogens is 2. The van der Waals surface area contributed by atoms with Crippen LogP contribution in [0.1, 0.15) is 6.42 Å². The third-order valence-corrected chi connectivity index (χ3v) is 12.4. The molecule has 186 valence electrons. The highest BCUT2D eigenvalue weighted by Gasteiger charge is 2.31. The minimum absolute atomic E-state index is 0.334. The fraction of sp³-hybridized carbons (Fsp3) is 0.0556. The number of hydrogen-bond acceptors (Lipinski definition) is 1. The van der Waals surface area contributed by atoms with Gasteiger partial charge >= 0.3 is 0 Å². The van der Waals surface area contributed by atoms with Gasteiger partial charge in [-0.2, -0.15) is 0 Å². The van der Waals surface area contributed by atoms with Crippen molar-refractivity contribution in [2.75, 3.05) is 0 Å². The molecule has 5 aromatic carbocycles. The van der Waals surface area contributed by atoms with E-state index in [4.69, 9.17) is 11.3 Å². The molecule has 8 rings (SSSR count). The van der Waals surface area contributed by atoms with Crippen molar-refractivity contribution in [1.82, 2.24) is 9.38 Å². The van der Waals surface area contributed by atoms with Gasteiger partial charge in [0.2, 0.25) is 0 Å². The van der Waals surface area contributed by atoms with E-state index in [2.05, 4.69) is 138 Å². The highest BCUT2D eigenvalue weighted by molar-refractivity contribution is 7.88. The molecule has 1 aliphatic rings. The number of pyridine rings is 1. The number of para-hydroxylation sites is 2. The predicted octanol–water partition coefficient (Wildman–Crippen LogP) is 8.23. The number of nitrogens with zero attached hydrogens (tertiary/aromatic N) is 2. The summed E-state index contributed by atoms with van der Waals surface area (Å²) in [5, 5.41) is 8.90. The third kappa shape index (κ3) is 3.25. The minimum atomic E-state index is -2.10. The molecule has 0 fully saturated rings. The van der Waals surface area contributed by atoms with Gasteiger partial charge in [0.15, 0.2) is 0 Å². The number of benzene rings is 5. The summed E-state index contributed by atoms with van der Waals surface area (Å²) >= 11 is 0. The molecule has 2 atom stereocenters. The van der Waals surface area contributed by atoms with Gasteiger partial charge in [0, 0.05) is 16.4 Å². The maximum absolute atomic E-state index is 5.18. The average molecular weight is 519 g/mol. The molecule has 0 radical (unpaired) electrons. The van der Waals surface area contributed by atoms with Crippen LogP contribution in [0.15, 0.2) is 133 Å². The van der Waals surface area contributed by atoms with Crippen LogP contribution < -0.4 is 10.6 Å². The molecule has 0 aliphatic heterocycles. The Kier molecular flexibility index (Phi) is 4.96. The first kappa shape index (κ1) is 22.6. The lowest BCUT2D eigenvalue weighted by Gasteiger charge is -2.34. The second-order valence-corrected chi connectivity index (χ2v) is 13.9. The van der Waals surface area contributed by atoms with E-state index in [1.807, 2.05) is 0 Å². The molecule has 2 unspecified atom stereocenters. The second kappa shape index (κ2) is 8.56. The van der Waals surface area contributed by atoms with Crippen molar-refractivity contribution in [2.24, 2.45) is 0 Å². The van der Waals surface area contributed by atoms with Crippen molar-refractivity contribution < 1.29 is 0 Å². The molecule has 0 amide bonds. The Hall–Kier alpha value is -4.39. The summed E-state index contributed by atoms with van der Waals surface area (Å²) in [6, 6.07) is 39.7. The first-order chi connectivity index (χ1) is 19.2. The summed E-state index contributed by atoms with van der Waals surface area (Å²) in [4.78, 5) is 5.18. The number of hydrogen-bond donors (Lipinski definition) is 0. The number of imidazole rings is 1. The minimum Gasteiger partial charge on any atom is -0.292 e. The van der Waals surface area contributed by atoms with Gasteiger partial charge < -0.3 is 0 Å². The Morgan fingerprint density at radius 1 is 0.718 bits per heavy atom.